The van der Waals surface area contributed by atoms with Gasteiger partial charge < -0.3 is 0 Å². The third-order valence-electron chi connectivity index (χ3n) is 2.22. The molecule has 2 nitrogen and oxygen atoms in total. The maximum Gasteiger partial charge on any atom is 0.176 e. The van der Waals surface area contributed by atoms with E-state index in [1.54, 1.807) is 13.8 Å². The van der Waals surface area contributed by atoms with Crippen molar-refractivity contribution in [1.82, 2.24) is 0 Å². The first-order valence-electron chi connectivity index (χ1n) is 4.93. The number of carbonyl (C=O) groups excluding carboxylic acids is 2. The predicted octanol–water partition coefficient (Wildman–Crippen LogP) is 2.76. The molecule has 0 aliphatic heterocycles. The lowest BCUT2D eigenvalue weighted by Gasteiger charge is -2.05. The zero-order chi connectivity index (χ0) is 12.3. The van der Waals surface area contributed by atoms with E-state index in [1.807, 2.05) is 0 Å². The number of ketones is 2. The van der Waals surface area contributed by atoms with Crippen LogP contribution < -0.4 is 0 Å². The third-order valence-corrected chi connectivity index (χ3v) is 2.22. The van der Waals surface area contributed by atoms with Gasteiger partial charge in [-0.3, -0.25) is 9.59 Å². The third kappa shape index (κ3) is 2.72. The van der Waals surface area contributed by atoms with E-state index >= 15 is 0 Å². The second-order valence-electron chi connectivity index (χ2n) is 3.82. The van der Waals surface area contributed by atoms with Crippen LogP contribution in [0.5, 0.6) is 0 Å². The lowest BCUT2D eigenvalue weighted by Crippen LogP contribution is -2.15. The molecule has 0 radical (unpaired) electrons. The molecule has 0 unspecified atom stereocenters. The molecule has 0 saturated carbocycles. The van der Waals surface area contributed by atoms with Gasteiger partial charge in [0.05, 0.1) is 12.0 Å². The van der Waals surface area contributed by atoms with Crippen LogP contribution in [0.25, 0.3) is 0 Å². The van der Waals surface area contributed by atoms with Gasteiger partial charge in [0.1, 0.15) is 17.4 Å². The van der Waals surface area contributed by atoms with Gasteiger partial charge in [0.2, 0.25) is 0 Å². The molecule has 0 N–H and O–H groups in total. The molecule has 0 aromatic heterocycles. The maximum absolute atomic E-state index is 13.2. The van der Waals surface area contributed by atoms with Gasteiger partial charge >= 0.3 is 0 Å². The van der Waals surface area contributed by atoms with Crippen LogP contribution >= 0.6 is 0 Å². The number of hydrogen-bond donors (Lipinski definition) is 0. The monoisotopic (exact) mass is 226 g/mol. The highest BCUT2D eigenvalue weighted by atomic mass is 19.1. The molecule has 1 aromatic carbocycles. The van der Waals surface area contributed by atoms with E-state index < -0.39 is 29.4 Å². The molecule has 0 atom stereocenters. The first-order chi connectivity index (χ1) is 7.43. The van der Waals surface area contributed by atoms with Crippen LogP contribution in [0.3, 0.4) is 0 Å². The highest BCUT2D eigenvalue weighted by Gasteiger charge is 2.20. The molecule has 16 heavy (non-hydrogen) atoms. The van der Waals surface area contributed by atoms with E-state index in [4.69, 9.17) is 0 Å². The molecular weight excluding hydrogens is 214 g/mol. The fourth-order valence-corrected chi connectivity index (χ4v) is 1.21. The Morgan fingerprint density at radius 2 is 1.69 bits per heavy atom. The van der Waals surface area contributed by atoms with Crippen molar-refractivity contribution in [3.8, 4) is 0 Å². The summed E-state index contributed by atoms with van der Waals surface area (Å²) in [5, 5.41) is 0. The Morgan fingerprint density at radius 1 is 1.19 bits per heavy atom. The Balaban J connectivity index is 2.93. The minimum absolute atomic E-state index is 0.321. The number of hydrogen-bond acceptors (Lipinski definition) is 2. The molecule has 4 heteroatoms. The summed E-state index contributed by atoms with van der Waals surface area (Å²) in [6.07, 6.45) is -0.463. The average molecular weight is 226 g/mol. The quantitative estimate of drug-likeness (QED) is 0.584. The van der Waals surface area contributed by atoms with Crippen molar-refractivity contribution in [3.63, 3.8) is 0 Å². The molecule has 0 amide bonds. The van der Waals surface area contributed by atoms with E-state index in [-0.39, 0.29) is 11.7 Å². The minimum atomic E-state index is -0.929. The summed E-state index contributed by atoms with van der Waals surface area (Å²) in [7, 11) is 0. The fourth-order valence-electron chi connectivity index (χ4n) is 1.21. The number of rotatable bonds is 4. The second-order valence-corrected chi connectivity index (χ2v) is 3.82. The summed E-state index contributed by atoms with van der Waals surface area (Å²) in [5.41, 5.74) is -0.628. The molecule has 0 saturated heterocycles. The van der Waals surface area contributed by atoms with Crippen LogP contribution in [-0.4, -0.2) is 11.6 Å². The van der Waals surface area contributed by atoms with E-state index in [0.29, 0.717) is 0 Å². The Hall–Kier alpha value is -1.58. The van der Waals surface area contributed by atoms with Crippen LogP contribution in [0.15, 0.2) is 18.2 Å². The van der Waals surface area contributed by atoms with Crippen molar-refractivity contribution in [2.24, 2.45) is 5.92 Å². The van der Waals surface area contributed by atoms with Crippen molar-refractivity contribution in [2.75, 3.05) is 0 Å². The van der Waals surface area contributed by atoms with Gasteiger partial charge in [-0.15, -0.1) is 0 Å². The molecule has 0 aliphatic rings. The molecule has 0 bridgehead atoms. The lowest BCUT2D eigenvalue weighted by molar-refractivity contribution is -0.121. The predicted molar refractivity (Wildman–Crippen MR) is 55.2 cm³/mol. The maximum atomic E-state index is 13.2. The number of halogens is 2. The summed E-state index contributed by atoms with van der Waals surface area (Å²) in [6.45, 7) is 3.26. The van der Waals surface area contributed by atoms with Gasteiger partial charge in [0.25, 0.3) is 0 Å². The first-order valence-corrected chi connectivity index (χ1v) is 4.93. The van der Waals surface area contributed by atoms with E-state index in [2.05, 4.69) is 0 Å². The normalized spacial score (nSPS) is 10.6. The molecule has 86 valence electrons. The summed E-state index contributed by atoms with van der Waals surface area (Å²) >= 11 is 0. The molecule has 0 fully saturated rings. The van der Waals surface area contributed by atoms with Crippen LogP contribution in [0.1, 0.15) is 30.6 Å². The van der Waals surface area contributed by atoms with E-state index in [1.165, 1.54) is 6.07 Å². The highest BCUT2D eigenvalue weighted by molar-refractivity contribution is 6.08. The number of carbonyl (C=O) groups is 2. The zero-order valence-electron chi connectivity index (χ0n) is 9.09. The van der Waals surface area contributed by atoms with Crippen molar-refractivity contribution in [3.05, 3.63) is 35.4 Å². The van der Waals surface area contributed by atoms with Crippen molar-refractivity contribution in [1.29, 1.82) is 0 Å². The van der Waals surface area contributed by atoms with Crippen LogP contribution in [0, 0.1) is 17.6 Å². The molecular formula is C12H12F2O2. The topological polar surface area (TPSA) is 34.1 Å². The average Bonchev–Trinajstić information content (AvgIpc) is 2.16. The SMILES string of the molecule is CC(C)C(=O)CC(=O)c1c(F)cccc1F. The highest BCUT2D eigenvalue weighted by Crippen LogP contribution is 2.15. The largest absolute Gasteiger partial charge is 0.299 e. The Bertz CT molecular complexity index is 405. The van der Waals surface area contributed by atoms with Gasteiger partial charge in [-0.2, -0.15) is 0 Å². The van der Waals surface area contributed by atoms with Crippen LogP contribution in [0.2, 0.25) is 0 Å². The second kappa shape index (κ2) is 4.96. The van der Waals surface area contributed by atoms with Gasteiger partial charge in [-0.25, -0.2) is 8.78 Å². The van der Waals surface area contributed by atoms with Gasteiger partial charge in [-0.05, 0) is 12.1 Å². The zero-order valence-corrected chi connectivity index (χ0v) is 9.09. The smallest absolute Gasteiger partial charge is 0.176 e. The summed E-state index contributed by atoms with van der Waals surface area (Å²) in [5.74, 6) is -3.32. The van der Waals surface area contributed by atoms with Gasteiger partial charge in [0.15, 0.2) is 5.78 Å². The van der Waals surface area contributed by atoms with Crippen LogP contribution in [-0.2, 0) is 4.79 Å². The summed E-state index contributed by atoms with van der Waals surface area (Å²) < 4.78 is 26.4. The van der Waals surface area contributed by atoms with Gasteiger partial charge in [0, 0.05) is 5.92 Å². The Labute approximate surface area is 92.3 Å². The van der Waals surface area contributed by atoms with Crippen molar-refractivity contribution in [2.45, 2.75) is 20.3 Å². The first kappa shape index (κ1) is 12.5. The standard InChI is InChI=1S/C12H12F2O2/c1-7(2)10(15)6-11(16)12-8(13)4-3-5-9(12)14/h3-5,7H,6H2,1-2H3. The van der Waals surface area contributed by atoms with E-state index in [9.17, 15) is 18.4 Å². The molecule has 0 spiro atoms. The molecule has 0 aliphatic carbocycles. The minimum Gasteiger partial charge on any atom is -0.299 e. The summed E-state index contributed by atoms with van der Waals surface area (Å²) in [6, 6.07) is 3.16. The van der Waals surface area contributed by atoms with Crippen LogP contribution in [0.4, 0.5) is 8.78 Å². The number of Topliss-reactive ketones (excluding diaryl/α,β-unsaturated/α-hetero) is 2. The lowest BCUT2D eigenvalue weighted by atomic mass is 9.99. The summed E-state index contributed by atoms with van der Waals surface area (Å²) in [4.78, 5) is 22.8. The number of benzene rings is 1. The van der Waals surface area contributed by atoms with Crippen molar-refractivity contribution >= 4 is 11.6 Å². The Morgan fingerprint density at radius 3 is 2.12 bits per heavy atom. The molecule has 1 rings (SSSR count). The molecule has 0 heterocycles. The van der Waals surface area contributed by atoms with Gasteiger partial charge in [-0.1, -0.05) is 19.9 Å². The Kier molecular flexibility index (Phi) is 3.88. The fraction of sp³-hybridized carbons (Fsp3) is 0.333. The molecule has 1 aromatic rings. The van der Waals surface area contributed by atoms with Crippen molar-refractivity contribution < 1.29 is 18.4 Å². The van der Waals surface area contributed by atoms with E-state index in [0.717, 1.165) is 12.1 Å².